The Bertz CT molecular complexity index is 242. The van der Waals surface area contributed by atoms with Crippen molar-refractivity contribution in [2.75, 3.05) is 6.61 Å². The molecule has 0 aromatic carbocycles. The van der Waals surface area contributed by atoms with Gasteiger partial charge in [0.25, 0.3) is 0 Å². The molecule has 2 aliphatic rings. The number of ether oxygens (including phenoxy) is 2. The van der Waals surface area contributed by atoms with E-state index in [9.17, 15) is 4.79 Å². The average molecular weight is 166 g/mol. The van der Waals surface area contributed by atoms with Crippen molar-refractivity contribution in [2.24, 2.45) is 0 Å². The second-order valence-electron chi connectivity index (χ2n) is 2.87. The lowest BCUT2D eigenvalue weighted by Crippen LogP contribution is -2.16. The molecular weight excluding hydrogens is 156 g/mol. The molecule has 12 heavy (non-hydrogen) atoms. The zero-order valence-corrected chi connectivity index (χ0v) is 6.60. The maximum atomic E-state index is 10.7. The number of rotatable bonds is 2. The number of hydrogen-bond donors (Lipinski definition) is 0. The quantitative estimate of drug-likeness (QED) is 0.450. The van der Waals surface area contributed by atoms with Gasteiger partial charge in [0.2, 0.25) is 0 Å². The van der Waals surface area contributed by atoms with Gasteiger partial charge in [-0.15, -0.1) is 0 Å². The monoisotopic (exact) mass is 166 g/mol. The van der Waals surface area contributed by atoms with Crippen LogP contribution < -0.4 is 0 Å². The van der Waals surface area contributed by atoms with Gasteiger partial charge in [-0.05, 0) is 6.08 Å². The number of carbonyl (C=O) groups is 1. The molecule has 0 aromatic heterocycles. The molecule has 0 N–H and O–H groups in total. The maximum Gasteiger partial charge on any atom is 0.331 e. The van der Waals surface area contributed by atoms with Gasteiger partial charge in [-0.1, -0.05) is 12.2 Å². The lowest BCUT2D eigenvalue weighted by atomic mass is 10.1. The number of carbonyl (C=O) groups excluding carboxylic acids is 1. The van der Waals surface area contributed by atoms with Crippen LogP contribution in [0.5, 0.6) is 0 Å². The van der Waals surface area contributed by atoms with Crippen LogP contribution in [0.4, 0.5) is 0 Å². The van der Waals surface area contributed by atoms with Crippen molar-refractivity contribution in [3.05, 3.63) is 24.3 Å². The van der Waals surface area contributed by atoms with E-state index in [1.807, 2.05) is 12.2 Å². The summed E-state index contributed by atoms with van der Waals surface area (Å²) in [6.45, 7) is 0.676. The van der Waals surface area contributed by atoms with Gasteiger partial charge in [0, 0.05) is 12.5 Å². The predicted octanol–water partition coefficient (Wildman–Crippen LogP) is 0.813. The molecule has 0 unspecified atom stereocenters. The Kier molecular flexibility index (Phi) is 1.96. The van der Waals surface area contributed by atoms with E-state index in [-0.39, 0.29) is 18.2 Å². The summed E-state index contributed by atoms with van der Waals surface area (Å²) in [5, 5.41) is 0. The standard InChI is InChI=1S/C9H10O3/c10-9-4-3-8(12-9)6-7-2-1-5-11-7/h1-4,7-8H,5-6H2/t7-,8+/m0/s1. The Balaban J connectivity index is 1.84. The highest BCUT2D eigenvalue weighted by Gasteiger charge is 2.21. The van der Waals surface area contributed by atoms with E-state index in [4.69, 9.17) is 9.47 Å². The zero-order chi connectivity index (χ0) is 8.39. The second kappa shape index (κ2) is 3.11. The molecule has 3 heteroatoms. The minimum atomic E-state index is -0.248. The molecule has 64 valence electrons. The maximum absolute atomic E-state index is 10.7. The van der Waals surface area contributed by atoms with E-state index < -0.39 is 0 Å². The highest BCUT2D eigenvalue weighted by molar-refractivity contribution is 5.84. The minimum Gasteiger partial charge on any atom is -0.455 e. The van der Waals surface area contributed by atoms with Crippen molar-refractivity contribution in [3.63, 3.8) is 0 Å². The van der Waals surface area contributed by atoms with Gasteiger partial charge in [0.1, 0.15) is 6.10 Å². The van der Waals surface area contributed by atoms with Crippen LogP contribution in [0.1, 0.15) is 6.42 Å². The molecule has 0 fully saturated rings. The summed E-state index contributed by atoms with van der Waals surface area (Å²) < 4.78 is 10.3. The van der Waals surface area contributed by atoms with Crippen molar-refractivity contribution in [2.45, 2.75) is 18.6 Å². The Morgan fingerprint density at radius 2 is 2.33 bits per heavy atom. The topological polar surface area (TPSA) is 35.5 Å². The summed E-state index contributed by atoms with van der Waals surface area (Å²) >= 11 is 0. The zero-order valence-electron chi connectivity index (χ0n) is 6.60. The van der Waals surface area contributed by atoms with E-state index in [1.165, 1.54) is 6.08 Å². The van der Waals surface area contributed by atoms with Crippen LogP contribution in [-0.4, -0.2) is 24.8 Å². The third-order valence-corrected chi connectivity index (χ3v) is 1.94. The fraction of sp³-hybridized carbons (Fsp3) is 0.444. The first-order chi connectivity index (χ1) is 5.84. The minimum absolute atomic E-state index is 0.0924. The molecule has 0 aliphatic carbocycles. The lowest BCUT2D eigenvalue weighted by Gasteiger charge is -2.12. The molecule has 0 saturated heterocycles. The second-order valence-corrected chi connectivity index (χ2v) is 2.87. The Morgan fingerprint density at radius 1 is 1.42 bits per heavy atom. The van der Waals surface area contributed by atoms with Gasteiger partial charge in [0.05, 0.1) is 12.7 Å². The molecule has 0 radical (unpaired) electrons. The SMILES string of the molecule is O=C1C=C[C@H](C[C@@H]2C=CCO2)O1. The summed E-state index contributed by atoms with van der Waals surface area (Å²) in [4.78, 5) is 10.7. The normalized spacial score (nSPS) is 32.8. The molecule has 0 aromatic rings. The van der Waals surface area contributed by atoms with Crippen LogP contribution in [-0.2, 0) is 14.3 Å². The van der Waals surface area contributed by atoms with Crippen molar-refractivity contribution < 1.29 is 14.3 Å². The van der Waals surface area contributed by atoms with Crippen LogP contribution >= 0.6 is 0 Å². The smallest absolute Gasteiger partial charge is 0.331 e. The number of esters is 1. The van der Waals surface area contributed by atoms with Gasteiger partial charge in [-0.2, -0.15) is 0 Å². The van der Waals surface area contributed by atoms with Crippen LogP contribution in [0.3, 0.4) is 0 Å². The third kappa shape index (κ3) is 1.56. The summed E-state index contributed by atoms with van der Waals surface area (Å²) in [6.07, 6.45) is 7.97. The summed E-state index contributed by atoms with van der Waals surface area (Å²) in [5.41, 5.74) is 0. The molecule has 0 spiro atoms. The van der Waals surface area contributed by atoms with E-state index in [2.05, 4.69) is 0 Å². The van der Waals surface area contributed by atoms with Crippen molar-refractivity contribution >= 4 is 5.97 Å². The average Bonchev–Trinajstić information content (AvgIpc) is 2.63. The van der Waals surface area contributed by atoms with E-state index in [0.29, 0.717) is 6.61 Å². The first-order valence-corrected chi connectivity index (χ1v) is 4.02. The Morgan fingerprint density at radius 3 is 2.92 bits per heavy atom. The van der Waals surface area contributed by atoms with Gasteiger partial charge >= 0.3 is 5.97 Å². The summed E-state index contributed by atoms with van der Waals surface area (Å²) in [7, 11) is 0. The first-order valence-electron chi connectivity index (χ1n) is 4.02. The predicted molar refractivity (Wildman–Crippen MR) is 42.5 cm³/mol. The van der Waals surface area contributed by atoms with Gasteiger partial charge in [-0.3, -0.25) is 0 Å². The molecule has 2 rings (SSSR count). The van der Waals surface area contributed by atoms with E-state index >= 15 is 0 Å². The molecule has 2 heterocycles. The molecule has 0 saturated carbocycles. The molecule has 2 atom stereocenters. The lowest BCUT2D eigenvalue weighted by molar-refractivity contribution is -0.139. The van der Waals surface area contributed by atoms with Crippen molar-refractivity contribution in [1.29, 1.82) is 0 Å². The summed E-state index contributed by atoms with van der Waals surface area (Å²) in [6, 6.07) is 0. The van der Waals surface area contributed by atoms with Crippen LogP contribution in [0, 0.1) is 0 Å². The molecule has 3 nitrogen and oxygen atoms in total. The summed E-state index contributed by atoms with van der Waals surface area (Å²) in [5.74, 6) is -0.248. The Labute approximate surface area is 70.7 Å². The van der Waals surface area contributed by atoms with Crippen molar-refractivity contribution in [3.8, 4) is 0 Å². The number of hydrogen-bond acceptors (Lipinski definition) is 3. The Hall–Kier alpha value is -1.09. The van der Waals surface area contributed by atoms with Crippen molar-refractivity contribution in [1.82, 2.24) is 0 Å². The van der Waals surface area contributed by atoms with Crippen LogP contribution in [0.25, 0.3) is 0 Å². The third-order valence-electron chi connectivity index (χ3n) is 1.94. The van der Waals surface area contributed by atoms with Crippen LogP contribution in [0.15, 0.2) is 24.3 Å². The fourth-order valence-corrected chi connectivity index (χ4v) is 1.36. The van der Waals surface area contributed by atoms with Gasteiger partial charge < -0.3 is 9.47 Å². The van der Waals surface area contributed by atoms with E-state index in [1.54, 1.807) is 6.08 Å². The van der Waals surface area contributed by atoms with E-state index in [0.717, 1.165) is 6.42 Å². The molecule has 0 amide bonds. The highest BCUT2D eigenvalue weighted by atomic mass is 16.5. The molecule has 2 aliphatic heterocycles. The number of cyclic esters (lactones) is 1. The van der Waals surface area contributed by atoms with Gasteiger partial charge in [0.15, 0.2) is 0 Å². The largest absolute Gasteiger partial charge is 0.455 e. The first kappa shape index (κ1) is 7.55. The highest BCUT2D eigenvalue weighted by Crippen LogP contribution is 2.16. The molecule has 0 bridgehead atoms. The van der Waals surface area contributed by atoms with Crippen LogP contribution in [0.2, 0.25) is 0 Å². The molecular formula is C9H10O3. The van der Waals surface area contributed by atoms with Gasteiger partial charge in [-0.25, -0.2) is 4.79 Å². The fourth-order valence-electron chi connectivity index (χ4n) is 1.36.